The summed E-state index contributed by atoms with van der Waals surface area (Å²) in [7, 11) is 0. The lowest BCUT2D eigenvalue weighted by Crippen LogP contribution is -2.28. The first kappa shape index (κ1) is 12.2. The van der Waals surface area contributed by atoms with Crippen LogP contribution in [0.15, 0.2) is 30.3 Å². The summed E-state index contributed by atoms with van der Waals surface area (Å²) in [6.07, 6.45) is 2.25. The van der Waals surface area contributed by atoms with Gasteiger partial charge in [-0.1, -0.05) is 18.2 Å². The molecule has 19 heavy (non-hydrogen) atoms. The van der Waals surface area contributed by atoms with E-state index < -0.39 is 5.97 Å². The number of hydrogen-bond acceptors (Lipinski definition) is 4. The molecule has 1 aliphatic rings. The highest BCUT2D eigenvalue weighted by molar-refractivity contribution is 7.08. The number of aromatic carboxylic acids is 1. The SMILES string of the molecule is O=C(O)c1cc(CN2CCCc3ccccc32)ns1. The summed E-state index contributed by atoms with van der Waals surface area (Å²) in [6.45, 7) is 1.68. The minimum atomic E-state index is -0.900. The van der Waals surface area contributed by atoms with Crippen molar-refractivity contribution < 1.29 is 9.90 Å². The van der Waals surface area contributed by atoms with Crippen molar-refractivity contribution in [2.75, 3.05) is 11.4 Å². The van der Waals surface area contributed by atoms with E-state index >= 15 is 0 Å². The Kier molecular flexibility index (Phi) is 3.21. The topological polar surface area (TPSA) is 53.4 Å². The monoisotopic (exact) mass is 274 g/mol. The van der Waals surface area contributed by atoms with Crippen molar-refractivity contribution in [3.8, 4) is 0 Å². The van der Waals surface area contributed by atoms with Gasteiger partial charge in [0, 0.05) is 12.2 Å². The van der Waals surface area contributed by atoms with Gasteiger partial charge >= 0.3 is 5.97 Å². The Labute approximate surface area is 115 Å². The number of carboxylic acid groups (broad SMARTS) is 1. The van der Waals surface area contributed by atoms with Crippen molar-refractivity contribution in [2.45, 2.75) is 19.4 Å². The molecule has 1 N–H and O–H groups in total. The molecule has 5 heteroatoms. The number of benzene rings is 1. The van der Waals surface area contributed by atoms with E-state index in [0.717, 1.165) is 36.6 Å². The number of aryl methyl sites for hydroxylation is 1. The minimum Gasteiger partial charge on any atom is -0.477 e. The number of rotatable bonds is 3. The molecule has 0 aliphatic carbocycles. The maximum Gasteiger partial charge on any atom is 0.347 e. The van der Waals surface area contributed by atoms with Gasteiger partial charge in [0.15, 0.2) is 0 Å². The molecule has 2 aromatic rings. The maximum atomic E-state index is 10.9. The van der Waals surface area contributed by atoms with Crippen molar-refractivity contribution in [3.05, 3.63) is 46.5 Å². The van der Waals surface area contributed by atoms with Crippen LogP contribution in [0.3, 0.4) is 0 Å². The normalized spacial score (nSPS) is 14.2. The van der Waals surface area contributed by atoms with E-state index in [1.54, 1.807) is 6.07 Å². The second-order valence-corrected chi connectivity index (χ2v) is 5.45. The van der Waals surface area contributed by atoms with Crippen LogP contribution >= 0.6 is 11.5 Å². The summed E-state index contributed by atoms with van der Waals surface area (Å²) in [6, 6.07) is 10.1. The number of hydrogen-bond donors (Lipinski definition) is 1. The van der Waals surface area contributed by atoms with E-state index in [2.05, 4.69) is 27.5 Å². The van der Waals surface area contributed by atoms with E-state index in [4.69, 9.17) is 5.11 Å². The zero-order valence-electron chi connectivity index (χ0n) is 10.4. The number of fused-ring (bicyclic) bond motifs is 1. The minimum absolute atomic E-state index is 0.306. The summed E-state index contributed by atoms with van der Waals surface area (Å²) in [5.74, 6) is -0.900. The average Bonchev–Trinajstić information content (AvgIpc) is 2.88. The Morgan fingerprint density at radius 1 is 1.42 bits per heavy atom. The first-order valence-corrected chi connectivity index (χ1v) is 7.03. The molecule has 0 bridgehead atoms. The molecule has 3 rings (SSSR count). The fourth-order valence-electron chi connectivity index (χ4n) is 2.46. The van der Waals surface area contributed by atoms with E-state index in [0.29, 0.717) is 11.4 Å². The maximum absolute atomic E-state index is 10.9. The molecule has 1 aliphatic heterocycles. The highest BCUT2D eigenvalue weighted by Gasteiger charge is 2.18. The van der Waals surface area contributed by atoms with Crippen molar-refractivity contribution >= 4 is 23.2 Å². The van der Waals surface area contributed by atoms with Crippen LogP contribution in [0.4, 0.5) is 5.69 Å². The Bertz CT molecular complexity index is 609. The van der Waals surface area contributed by atoms with Gasteiger partial charge in [0.05, 0.1) is 12.2 Å². The van der Waals surface area contributed by atoms with E-state index in [9.17, 15) is 4.79 Å². The van der Waals surface area contributed by atoms with Crippen LogP contribution in [-0.2, 0) is 13.0 Å². The predicted octanol–water partition coefficient (Wildman–Crippen LogP) is 2.79. The highest BCUT2D eigenvalue weighted by atomic mass is 32.1. The lowest BCUT2D eigenvalue weighted by atomic mass is 10.0. The van der Waals surface area contributed by atoms with Crippen LogP contribution in [0.2, 0.25) is 0 Å². The van der Waals surface area contributed by atoms with E-state index in [1.165, 1.54) is 11.3 Å². The number of anilines is 1. The molecule has 0 unspecified atom stereocenters. The third-order valence-electron chi connectivity index (χ3n) is 3.33. The van der Waals surface area contributed by atoms with Crippen LogP contribution in [0.5, 0.6) is 0 Å². The first-order chi connectivity index (χ1) is 9.24. The number of aromatic nitrogens is 1. The molecule has 0 radical (unpaired) electrons. The third-order valence-corrected chi connectivity index (χ3v) is 4.14. The Balaban J connectivity index is 1.82. The van der Waals surface area contributed by atoms with Crippen LogP contribution < -0.4 is 4.90 Å². The molecular formula is C14H14N2O2S. The molecule has 0 spiro atoms. The van der Waals surface area contributed by atoms with Crippen molar-refractivity contribution in [3.63, 3.8) is 0 Å². The average molecular weight is 274 g/mol. The molecule has 0 saturated carbocycles. The summed E-state index contributed by atoms with van der Waals surface area (Å²) in [5.41, 5.74) is 3.44. The van der Waals surface area contributed by atoms with Gasteiger partial charge in [-0.15, -0.1) is 0 Å². The van der Waals surface area contributed by atoms with Gasteiger partial charge in [-0.25, -0.2) is 4.79 Å². The Morgan fingerprint density at radius 3 is 3.05 bits per heavy atom. The van der Waals surface area contributed by atoms with Gasteiger partial charge in [-0.3, -0.25) is 0 Å². The van der Waals surface area contributed by atoms with Gasteiger partial charge < -0.3 is 10.0 Å². The van der Waals surface area contributed by atoms with Gasteiger partial charge in [0.1, 0.15) is 4.88 Å². The molecule has 0 fully saturated rings. The standard InChI is InChI=1S/C14H14N2O2S/c17-14(18)13-8-11(15-19-13)9-16-7-3-5-10-4-1-2-6-12(10)16/h1-2,4,6,8H,3,5,7,9H2,(H,17,18). The smallest absolute Gasteiger partial charge is 0.347 e. The Hall–Kier alpha value is -1.88. The number of carbonyl (C=O) groups is 1. The largest absolute Gasteiger partial charge is 0.477 e. The highest BCUT2D eigenvalue weighted by Crippen LogP contribution is 2.28. The van der Waals surface area contributed by atoms with Crippen LogP contribution in [-0.4, -0.2) is 22.0 Å². The van der Waals surface area contributed by atoms with E-state index in [-0.39, 0.29) is 0 Å². The number of nitrogens with zero attached hydrogens (tertiary/aromatic N) is 2. The predicted molar refractivity (Wildman–Crippen MR) is 74.9 cm³/mol. The number of para-hydroxylation sites is 1. The van der Waals surface area contributed by atoms with Crippen LogP contribution in [0.25, 0.3) is 0 Å². The van der Waals surface area contributed by atoms with Gasteiger partial charge in [0.2, 0.25) is 0 Å². The lowest BCUT2D eigenvalue weighted by Gasteiger charge is -2.30. The van der Waals surface area contributed by atoms with Crippen molar-refractivity contribution in [1.82, 2.24) is 4.37 Å². The molecule has 1 aromatic carbocycles. The molecular weight excluding hydrogens is 260 g/mol. The molecule has 4 nitrogen and oxygen atoms in total. The lowest BCUT2D eigenvalue weighted by molar-refractivity contribution is 0.0702. The zero-order chi connectivity index (χ0) is 13.2. The van der Waals surface area contributed by atoms with Gasteiger partial charge in [-0.05, 0) is 42.1 Å². The van der Waals surface area contributed by atoms with Gasteiger partial charge in [0.25, 0.3) is 0 Å². The first-order valence-electron chi connectivity index (χ1n) is 6.26. The summed E-state index contributed by atoms with van der Waals surface area (Å²) >= 11 is 1.05. The fraction of sp³-hybridized carbons (Fsp3) is 0.286. The molecule has 1 aromatic heterocycles. The zero-order valence-corrected chi connectivity index (χ0v) is 11.2. The summed E-state index contributed by atoms with van der Waals surface area (Å²) < 4.78 is 4.22. The molecule has 98 valence electrons. The van der Waals surface area contributed by atoms with Crippen molar-refractivity contribution in [1.29, 1.82) is 0 Å². The Morgan fingerprint density at radius 2 is 2.26 bits per heavy atom. The third kappa shape index (κ3) is 2.46. The fourth-order valence-corrected chi connectivity index (χ4v) is 3.05. The molecule has 0 amide bonds. The van der Waals surface area contributed by atoms with E-state index in [1.807, 2.05) is 6.07 Å². The molecule has 0 saturated heterocycles. The second kappa shape index (κ2) is 5.01. The van der Waals surface area contributed by atoms with Crippen molar-refractivity contribution in [2.24, 2.45) is 0 Å². The quantitative estimate of drug-likeness (QED) is 0.935. The molecule has 0 atom stereocenters. The van der Waals surface area contributed by atoms with Crippen LogP contribution in [0.1, 0.15) is 27.3 Å². The number of carboxylic acids is 1. The van der Waals surface area contributed by atoms with Crippen LogP contribution in [0, 0.1) is 0 Å². The summed E-state index contributed by atoms with van der Waals surface area (Å²) in [4.78, 5) is 13.4. The molecule has 2 heterocycles. The summed E-state index contributed by atoms with van der Waals surface area (Å²) in [5, 5.41) is 8.92. The van der Waals surface area contributed by atoms with Gasteiger partial charge in [-0.2, -0.15) is 4.37 Å². The second-order valence-electron chi connectivity index (χ2n) is 4.64.